The molecule has 0 spiro atoms. The van der Waals surface area contributed by atoms with Gasteiger partial charge in [-0.25, -0.2) is 4.98 Å². The molecule has 0 radical (unpaired) electrons. The van der Waals surface area contributed by atoms with Gasteiger partial charge in [0.15, 0.2) is 5.82 Å². The van der Waals surface area contributed by atoms with E-state index in [1.165, 1.54) is 0 Å². The fourth-order valence-corrected chi connectivity index (χ4v) is 1.37. The predicted octanol–water partition coefficient (Wildman–Crippen LogP) is 1.85. The molecule has 0 aliphatic heterocycles. The standard InChI is InChI=1S/C12H14N4O2/c1-13-10-6-12(16-11(15-10)8-17-2)18-9-4-3-5-14-7-9/h3-7H,8H2,1-2H3,(H,13,15,16). The number of aromatic nitrogens is 3. The Bertz CT molecular complexity index is 505. The van der Waals surface area contributed by atoms with Gasteiger partial charge in [0, 0.05) is 26.4 Å². The number of nitrogens with one attached hydrogen (secondary N) is 1. The lowest BCUT2D eigenvalue weighted by atomic mass is 10.4. The van der Waals surface area contributed by atoms with Gasteiger partial charge >= 0.3 is 0 Å². The maximum atomic E-state index is 5.60. The van der Waals surface area contributed by atoms with Gasteiger partial charge in [0.1, 0.15) is 18.2 Å². The van der Waals surface area contributed by atoms with Gasteiger partial charge < -0.3 is 14.8 Å². The third-order valence-electron chi connectivity index (χ3n) is 2.14. The third-order valence-corrected chi connectivity index (χ3v) is 2.14. The normalized spacial score (nSPS) is 10.1. The second kappa shape index (κ2) is 5.92. The maximum Gasteiger partial charge on any atom is 0.224 e. The van der Waals surface area contributed by atoms with Crippen LogP contribution in [-0.2, 0) is 11.3 Å². The average Bonchev–Trinajstić information content (AvgIpc) is 2.40. The second-order valence-electron chi connectivity index (χ2n) is 3.48. The summed E-state index contributed by atoms with van der Waals surface area (Å²) in [7, 11) is 3.38. The Morgan fingerprint density at radius 3 is 2.89 bits per heavy atom. The summed E-state index contributed by atoms with van der Waals surface area (Å²) in [5.74, 6) is 2.32. The van der Waals surface area contributed by atoms with E-state index in [9.17, 15) is 0 Å². The number of rotatable bonds is 5. The first-order valence-corrected chi connectivity index (χ1v) is 5.44. The molecule has 94 valence electrons. The Kier molecular flexibility index (Phi) is 4.03. The summed E-state index contributed by atoms with van der Waals surface area (Å²) < 4.78 is 10.6. The highest BCUT2D eigenvalue weighted by atomic mass is 16.5. The summed E-state index contributed by atoms with van der Waals surface area (Å²) >= 11 is 0. The largest absolute Gasteiger partial charge is 0.437 e. The van der Waals surface area contributed by atoms with E-state index in [1.54, 1.807) is 38.7 Å². The Morgan fingerprint density at radius 1 is 1.33 bits per heavy atom. The number of ether oxygens (including phenoxy) is 2. The minimum absolute atomic E-state index is 0.332. The quantitative estimate of drug-likeness (QED) is 0.868. The molecule has 0 unspecified atom stereocenters. The van der Waals surface area contributed by atoms with E-state index in [0.29, 0.717) is 29.9 Å². The Hall–Kier alpha value is -2.21. The Morgan fingerprint density at radius 2 is 2.22 bits per heavy atom. The first kappa shape index (κ1) is 12.3. The van der Waals surface area contributed by atoms with Crippen molar-refractivity contribution in [2.45, 2.75) is 6.61 Å². The molecule has 0 bridgehead atoms. The fourth-order valence-electron chi connectivity index (χ4n) is 1.37. The number of hydrogen-bond acceptors (Lipinski definition) is 6. The van der Waals surface area contributed by atoms with Crippen molar-refractivity contribution in [2.75, 3.05) is 19.5 Å². The summed E-state index contributed by atoms with van der Waals surface area (Å²) in [5, 5.41) is 2.95. The van der Waals surface area contributed by atoms with Crippen molar-refractivity contribution in [3.63, 3.8) is 0 Å². The number of pyridine rings is 1. The summed E-state index contributed by atoms with van der Waals surface area (Å²) in [5.41, 5.74) is 0. The van der Waals surface area contributed by atoms with Gasteiger partial charge in [-0.1, -0.05) is 0 Å². The maximum absolute atomic E-state index is 5.60. The first-order chi connectivity index (χ1) is 8.81. The molecule has 1 N–H and O–H groups in total. The van der Waals surface area contributed by atoms with Crippen LogP contribution in [-0.4, -0.2) is 29.1 Å². The van der Waals surface area contributed by atoms with E-state index in [-0.39, 0.29) is 0 Å². The zero-order valence-corrected chi connectivity index (χ0v) is 10.3. The molecule has 2 aromatic heterocycles. The van der Waals surface area contributed by atoms with Gasteiger partial charge in [0.2, 0.25) is 5.88 Å². The topological polar surface area (TPSA) is 69.2 Å². The summed E-state index contributed by atoms with van der Waals surface area (Å²) in [6, 6.07) is 5.32. The molecular weight excluding hydrogens is 232 g/mol. The van der Waals surface area contributed by atoms with E-state index in [4.69, 9.17) is 9.47 Å². The third kappa shape index (κ3) is 3.14. The molecule has 6 nitrogen and oxygen atoms in total. The average molecular weight is 246 g/mol. The van der Waals surface area contributed by atoms with Crippen LogP contribution in [0.1, 0.15) is 5.82 Å². The molecular formula is C12H14N4O2. The van der Waals surface area contributed by atoms with Crippen molar-refractivity contribution >= 4 is 5.82 Å². The minimum atomic E-state index is 0.332. The van der Waals surface area contributed by atoms with Crippen molar-refractivity contribution in [2.24, 2.45) is 0 Å². The van der Waals surface area contributed by atoms with Gasteiger partial charge in [-0.15, -0.1) is 0 Å². The van der Waals surface area contributed by atoms with Crippen LogP contribution in [0.3, 0.4) is 0 Å². The molecule has 0 aliphatic carbocycles. The lowest BCUT2D eigenvalue weighted by Gasteiger charge is -2.08. The zero-order chi connectivity index (χ0) is 12.8. The molecule has 2 heterocycles. The van der Waals surface area contributed by atoms with E-state index in [0.717, 1.165) is 0 Å². The van der Waals surface area contributed by atoms with Gasteiger partial charge in [-0.2, -0.15) is 4.98 Å². The minimum Gasteiger partial charge on any atom is -0.437 e. The highest BCUT2D eigenvalue weighted by Crippen LogP contribution is 2.20. The predicted molar refractivity (Wildman–Crippen MR) is 66.6 cm³/mol. The molecule has 2 aromatic rings. The van der Waals surface area contributed by atoms with Crippen LogP contribution in [0, 0.1) is 0 Å². The number of hydrogen-bond donors (Lipinski definition) is 1. The number of anilines is 1. The van der Waals surface area contributed by atoms with Crippen LogP contribution in [0.5, 0.6) is 11.6 Å². The van der Waals surface area contributed by atoms with E-state index in [1.807, 2.05) is 6.07 Å². The van der Waals surface area contributed by atoms with Gasteiger partial charge in [-0.05, 0) is 12.1 Å². The van der Waals surface area contributed by atoms with Crippen molar-refractivity contribution in [3.8, 4) is 11.6 Å². The van der Waals surface area contributed by atoms with Gasteiger partial charge in [-0.3, -0.25) is 4.98 Å². The van der Waals surface area contributed by atoms with Crippen LogP contribution < -0.4 is 10.1 Å². The summed E-state index contributed by atoms with van der Waals surface area (Å²) in [6.45, 7) is 0.332. The van der Waals surface area contributed by atoms with E-state index < -0.39 is 0 Å². The van der Waals surface area contributed by atoms with Crippen LogP contribution in [0.15, 0.2) is 30.6 Å². The van der Waals surface area contributed by atoms with Gasteiger partial charge in [0.05, 0.1) is 6.20 Å². The van der Waals surface area contributed by atoms with Gasteiger partial charge in [0.25, 0.3) is 0 Å². The fraction of sp³-hybridized carbons (Fsp3) is 0.250. The Balaban J connectivity index is 2.24. The SMILES string of the molecule is CNc1cc(Oc2cccnc2)nc(COC)n1. The summed E-state index contributed by atoms with van der Waals surface area (Å²) in [6.07, 6.45) is 3.30. The van der Waals surface area contributed by atoms with Crippen LogP contribution in [0.4, 0.5) is 5.82 Å². The molecule has 6 heteroatoms. The van der Waals surface area contributed by atoms with Crippen molar-refractivity contribution in [1.82, 2.24) is 15.0 Å². The van der Waals surface area contributed by atoms with Crippen molar-refractivity contribution < 1.29 is 9.47 Å². The van der Waals surface area contributed by atoms with Crippen molar-refractivity contribution in [3.05, 3.63) is 36.4 Å². The van der Waals surface area contributed by atoms with E-state index in [2.05, 4.69) is 20.3 Å². The molecule has 0 fully saturated rings. The van der Waals surface area contributed by atoms with Crippen LogP contribution >= 0.6 is 0 Å². The Labute approximate surface area is 105 Å². The van der Waals surface area contributed by atoms with E-state index >= 15 is 0 Å². The molecule has 0 aliphatic rings. The highest BCUT2D eigenvalue weighted by molar-refractivity contribution is 5.39. The molecule has 0 saturated heterocycles. The molecule has 2 rings (SSSR count). The lowest BCUT2D eigenvalue weighted by molar-refractivity contribution is 0.177. The van der Waals surface area contributed by atoms with Crippen LogP contribution in [0.2, 0.25) is 0 Å². The molecule has 18 heavy (non-hydrogen) atoms. The summed E-state index contributed by atoms with van der Waals surface area (Å²) in [4.78, 5) is 12.5. The highest BCUT2D eigenvalue weighted by Gasteiger charge is 2.05. The van der Waals surface area contributed by atoms with Crippen molar-refractivity contribution in [1.29, 1.82) is 0 Å². The number of methoxy groups -OCH3 is 1. The molecule has 0 atom stereocenters. The van der Waals surface area contributed by atoms with Crippen LogP contribution in [0.25, 0.3) is 0 Å². The zero-order valence-electron chi connectivity index (χ0n) is 10.3. The molecule has 0 saturated carbocycles. The first-order valence-electron chi connectivity index (χ1n) is 5.44. The molecule has 0 aromatic carbocycles. The molecule has 0 amide bonds. The second-order valence-corrected chi connectivity index (χ2v) is 3.48. The smallest absolute Gasteiger partial charge is 0.224 e. The number of nitrogens with zero attached hydrogens (tertiary/aromatic N) is 3. The monoisotopic (exact) mass is 246 g/mol. The lowest BCUT2D eigenvalue weighted by Crippen LogP contribution is -2.03.